The van der Waals surface area contributed by atoms with Crippen LogP contribution in [0.2, 0.25) is 0 Å². The highest BCUT2D eigenvalue weighted by Crippen LogP contribution is 2.28. The van der Waals surface area contributed by atoms with Gasteiger partial charge in [-0.1, -0.05) is 48.5 Å². The van der Waals surface area contributed by atoms with Crippen molar-refractivity contribution in [2.75, 3.05) is 18.5 Å². The molecule has 0 bridgehead atoms. The third-order valence-corrected chi connectivity index (χ3v) is 4.40. The number of para-hydroxylation sites is 1. The van der Waals surface area contributed by atoms with Gasteiger partial charge in [-0.15, -0.1) is 0 Å². The van der Waals surface area contributed by atoms with Crippen molar-refractivity contribution in [1.82, 2.24) is 0 Å². The number of fused-ring (bicyclic) bond motifs is 1. The summed E-state index contributed by atoms with van der Waals surface area (Å²) in [4.78, 5) is 3.49. The van der Waals surface area contributed by atoms with Gasteiger partial charge < -0.3 is 4.74 Å². The lowest BCUT2D eigenvalue weighted by molar-refractivity contribution is -0.327. The molecule has 4 rings (SSSR count). The van der Waals surface area contributed by atoms with E-state index in [0.717, 1.165) is 30.9 Å². The standard InChI is InChI=1S/C20H20N2O/c1-2-7-15(8-3-1)18-13-20(21-14-16-9-6-12-23-16)22-19-11-5-4-10-17(18)19/h1-5,7-8,10-11,13,16H,6,9,12,14H2,(H,21,22)/p+1/t16-/m0/s1. The van der Waals surface area contributed by atoms with Gasteiger partial charge in [-0.05, 0) is 24.5 Å². The molecule has 1 saturated heterocycles. The lowest BCUT2D eigenvalue weighted by Gasteiger charge is -2.10. The van der Waals surface area contributed by atoms with E-state index in [0.29, 0.717) is 6.10 Å². The summed E-state index contributed by atoms with van der Waals surface area (Å²) < 4.78 is 5.70. The average molecular weight is 305 g/mol. The lowest BCUT2D eigenvalue weighted by atomic mass is 10.0. The summed E-state index contributed by atoms with van der Waals surface area (Å²) >= 11 is 0. The summed E-state index contributed by atoms with van der Waals surface area (Å²) in [6.45, 7) is 1.74. The molecule has 2 N–H and O–H groups in total. The second-order valence-corrected chi connectivity index (χ2v) is 6.02. The van der Waals surface area contributed by atoms with Crippen LogP contribution >= 0.6 is 0 Å². The molecule has 23 heavy (non-hydrogen) atoms. The number of rotatable bonds is 4. The molecule has 3 aromatic rings. The van der Waals surface area contributed by atoms with Gasteiger partial charge >= 0.3 is 0 Å². The second-order valence-electron chi connectivity index (χ2n) is 6.02. The maximum absolute atomic E-state index is 5.70. The molecule has 1 aliphatic rings. The number of ether oxygens (including phenoxy) is 1. The number of pyridine rings is 1. The minimum atomic E-state index is 0.329. The molecule has 2 aromatic carbocycles. The molecule has 1 aliphatic heterocycles. The first-order valence-corrected chi connectivity index (χ1v) is 8.26. The summed E-state index contributed by atoms with van der Waals surface area (Å²) in [5.74, 6) is 1.04. The molecule has 0 spiro atoms. The van der Waals surface area contributed by atoms with Crippen LogP contribution < -0.4 is 10.3 Å². The van der Waals surface area contributed by atoms with Crippen molar-refractivity contribution in [1.29, 1.82) is 0 Å². The van der Waals surface area contributed by atoms with Crippen LogP contribution in [0.25, 0.3) is 22.0 Å². The Hall–Kier alpha value is -2.39. The summed E-state index contributed by atoms with van der Waals surface area (Å²) in [7, 11) is 0. The van der Waals surface area contributed by atoms with Crippen molar-refractivity contribution < 1.29 is 9.72 Å². The van der Waals surface area contributed by atoms with E-state index in [1.165, 1.54) is 22.9 Å². The Morgan fingerprint density at radius 2 is 1.87 bits per heavy atom. The minimum Gasteiger partial charge on any atom is -0.374 e. The fourth-order valence-electron chi connectivity index (χ4n) is 3.21. The van der Waals surface area contributed by atoms with Gasteiger partial charge in [0, 0.05) is 23.6 Å². The highest BCUT2D eigenvalue weighted by atomic mass is 16.5. The zero-order valence-corrected chi connectivity index (χ0v) is 13.1. The number of H-pyrrole nitrogens is 1. The maximum atomic E-state index is 5.70. The van der Waals surface area contributed by atoms with Gasteiger partial charge in [0.15, 0.2) is 0 Å². The first-order valence-electron chi connectivity index (χ1n) is 8.26. The Balaban J connectivity index is 1.71. The molecule has 116 valence electrons. The topological polar surface area (TPSA) is 35.4 Å². The zero-order chi connectivity index (χ0) is 15.5. The highest BCUT2D eigenvalue weighted by molar-refractivity contribution is 5.93. The molecular formula is C20H21N2O+. The van der Waals surface area contributed by atoms with Crippen LogP contribution in [0.5, 0.6) is 0 Å². The number of aromatic nitrogens is 1. The molecule has 0 aliphatic carbocycles. The molecular weight excluding hydrogens is 284 g/mol. The Labute approximate surface area is 136 Å². The quantitative estimate of drug-likeness (QED) is 0.793. The Bertz CT molecular complexity index is 795. The molecule has 2 heterocycles. The van der Waals surface area contributed by atoms with Crippen molar-refractivity contribution in [3.8, 4) is 11.1 Å². The monoisotopic (exact) mass is 305 g/mol. The molecule has 1 fully saturated rings. The molecule has 0 unspecified atom stereocenters. The Morgan fingerprint density at radius 3 is 2.70 bits per heavy atom. The lowest BCUT2D eigenvalue weighted by Crippen LogP contribution is -2.23. The van der Waals surface area contributed by atoms with Gasteiger partial charge in [-0.25, -0.2) is 4.98 Å². The molecule has 3 nitrogen and oxygen atoms in total. The number of anilines is 1. The van der Waals surface area contributed by atoms with Crippen LogP contribution in [0, 0.1) is 0 Å². The average Bonchev–Trinajstić information content (AvgIpc) is 3.13. The zero-order valence-electron chi connectivity index (χ0n) is 13.1. The van der Waals surface area contributed by atoms with Crippen LogP contribution in [0.3, 0.4) is 0 Å². The van der Waals surface area contributed by atoms with Crippen molar-refractivity contribution in [3.63, 3.8) is 0 Å². The smallest absolute Gasteiger partial charge is 0.273 e. The van der Waals surface area contributed by atoms with Gasteiger partial charge in [0.2, 0.25) is 0 Å². The molecule has 0 radical (unpaired) electrons. The first-order chi connectivity index (χ1) is 11.4. The number of hydrogen-bond acceptors (Lipinski definition) is 2. The number of nitrogens with one attached hydrogen (secondary N) is 2. The van der Waals surface area contributed by atoms with Gasteiger partial charge in [0.25, 0.3) is 5.82 Å². The fourth-order valence-corrected chi connectivity index (χ4v) is 3.21. The van der Waals surface area contributed by atoms with E-state index in [1.807, 2.05) is 0 Å². The van der Waals surface area contributed by atoms with Crippen LogP contribution in [-0.4, -0.2) is 19.3 Å². The summed E-state index contributed by atoms with van der Waals surface area (Å²) in [6, 6.07) is 21.2. The molecule has 0 amide bonds. The van der Waals surface area contributed by atoms with E-state index in [1.54, 1.807) is 0 Å². The maximum Gasteiger partial charge on any atom is 0.273 e. The van der Waals surface area contributed by atoms with E-state index in [2.05, 4.69) is 71.0 Å². The predicted octanol–water partition coefficient (Wildman–Crippen LogP) is 3.91. The van der Waals surface area contributed by atoms with Gasteiger partial charge in [-0.2, -0.15) is 0 Å². The third kappa shape index (κ3) is 3.06. The normalized spacial score (nSPS) is 17.5. The number of hydrogen-bond donors (Lipinski definition) is 1. The van der Waals surface area contributed by atoms with Gasteiger partial charge in [0.05, 0.1) is 6.10 Å². The Morgan fingerprint density at radius 1 is 1.04 bits per heavy atom. The molecule has 3 heteroatoms. The van der Waals surface area contributed by atoms with E-state index in [4.69, 9.17) is 4.74 Å². The van der Waals surface area contributed by atoms with Crippen LogP contribution in [0.1, 0.15) is 12.8 Å². The predicted molar refractivity (Wildman–Crippen MR) is 93.4 cm³/mol. The SMILES string of the molecule is c1ccc(-c2cc(NC[C@@H]3CCCO3)[nH+]c3ccccc23)cc1. The van der Waals surface area contributed by atoms with Gasteiger partial charge in [0.1, 0.15) is 12.1 Å². The van der Waals surface area contributed by atoms with Crippen molar-refractivity contribution in [2.45, 2.75) is 18.9 Å². The first kappa shape index (κ1) is 14.2. The molecule has 1 atom stereocenters. The highest BCUT2D eigenvalue weighted by Gasteiger charge is 2.18. The second kappa shape index (κ2) is 6.39. The van der Waals surface area contributed by atoms with Crippen LogP contribution in [0.15, 0.2) is 60.7 Å². The third-order valence-electron chi connectivity index (χ3n) is 4.40. The van der Waals surface area contributed by atoms with E-state index in [-0.39, 0.29) is 0 Å². The fraction of sp³-hybridized carbons (Fsp3) is 0.250. The van der Waals surface area contributed by atoms with Crippen LogP contribution in [0.4, 0.5) is 5.82 Å². The number of benzene rings is 2. The minimum absolute atomic E-state index is 0.329. The number of aromatic amines is 1. The summed E-state index contributed by atoms with van der Waals surface area (Å²) in [5.41, 5.74) is 3.62. The van der Waals surface area contributed by atoms with Crippen molar-refractivity contribution >= 4 is 16.7 Å². The largest absolute Gasteiger partial charge is 0.374 e. The van der Waals surface area contributed by atoms with Gasteiger partial charge in [-0.3, -0.25) is 5.32 Å². The van der Waals surface area contributed by atoms with Crippen LogP contribution in [-0.2, 0) is 4.74 Å². The summed E-state index contributed by atoms with van der Waals surface area (Å²) in [5, 5.41) is 4.75. The molecule has 0 saturated carbocycles. The van der Waals surface area contributed by atoms with E-state index < -0.39 is 0 Å². The Kier molecular flexibility index (Phi) is 3.95. The molecule has 1 aromatic heterocycles. The van der Waals surface area contributed by atoms with Crippen molar-refractivity contribution in [3.05, 3.63) is 60.7 Å². The van der Waals surface area contributed by atoms with Crippen molar-refractivity contribution in [2.24, 2.45) is 0 Å². The van der Waals surface area contributed by atoms with E-state index in [9.17, 15) is 0 Å². The van der Waals surface area contributed by atoms with E-state index >= 15 is 0 Å². The summed E-state index contributed by atoms with van der Waals surface area (Å²) in [6.07, 6.45) is 2.64.